The van der Waals surface area contributed by atoms with Crippen LogP contribution in [0.1, 0.15) is 0 Å². The van der Waals surface area contributed by atoms with Crippen LogP contribution in [-0.2, 0) is 14.8 Å². The van der Waals surface area contributed by atoms with Gasteiger partial charge in [-0.3, -0.25) is 10.1 Å². The Kier molecular flexibility index (Phi) is 7.18. The number of non-ortho nitro benzene ring substituents is 1. The van der Waals surface area contributed by atoms with Gasteiger partial charge in [0.15, 0.2) is 0 Å². The minimum Gasteiger partial charge on any atom is -0.495 e. The van der Waals surface area contributed by atoms with E-state index in [1.807, 2.05) is 0 Å². The van der Waals surface area contributed by atoms with Gasteiger partial charge < -0.3 is 14.8 Å². The van der Waals surface area contributed by atoms with Crippen molar-refractivity contribution >= 4 is 15.7 Å². The Balaban J connectivity index is 2.78. The van der Waals surface area contributed by atoms with Gasteiger partial charge in [0, 0.05) is 38.9 Å². The topological polar surface area (TPSA) is 120 Å². The minimum absolute atomic E-state index is 0.0467. The molecule has 0 atom stereocenters. The number of methoxy groups -OCH3 is 2. The zero-order valence-electron chi connectivity index (χ0n) is 12.4. The van der Waals surface area contributed by atoms with Gasteiger partial charge in [-0.25, -0.2) is 13.1 Å². The van der Waals surface area contributed by atoms with Crippen LogP contribution in [0, 0.1) is 10.1 Å². The predicted molar refractivity (Wildman–Crippen MR) is 79.6 cm³/mol. The first-order valence-electron chi connectivity index (χ1n) is 6.44. The largest absolute Gasteiger partial charge is 0.495 e. The number of ether oxygens (including phenoxy) is 2. The van der Waals surface area contributed by atoms with E-state index < -0.39 is 14.9 Å². The molecule has 0 amide bonds. The van der Waals surface area contributed by atoms with Crippen molar-refractivity contribution in [1.29, 1.82) is 0 Å². The molecule has 10 heteroatoms. The molecule has 1 rings (SSSR count). The summed E-state index contributed by atoms with van der Waals surface area (Å²) >= 11 is 0. The van der Waals surface area contributed by atoms with E-state index >= 15 is 0 Å². The smallest absolute Gasteiger partial charge is 0.271 e. The van der Waals surface area contributed by atoms with Crippen molar-refractivity contribution in [2.45, 2.75) is 4.90 Å². The average molecular weight is 333 g/mol. The highest BCUT2D eigenvalue weighted by atomic mass is 32.2. The maximum atomic E-state index is 12.2. The van der Waals surface area contributed by atoms with Crippen molar-refractivity contribution in [3.63, 3.8) is 0 Å². The van der Waals surface area contributed by atoms with Gasteiger partial charge in [-0.15, -0.1) is 0 Å². The number of sulfonamides is 1. The van der Waals surface area contributed by atoms with E-state index in [1.165, 1.54) is 19.2 Å². The minimum atomic E-state index is -3.90. The van der Waals surface area contributed by atoms with Crippen molar-refractivity contribution in [1.82, 2.24) is 10.0 Å². The molecule has 0 fully saturated rings. The third-order valence-electron chi connectivity index (χ3n) is 2.72. The lowest BCUT2D eigenvalue weighted by Gasteiger charge is -2.11. The second-order valence-electron chi connectivity index (χ2n) is 4.23. The maximum absolute atomic E-state index is 12.2. The molecule has 0 bridgehead atoms. The fourth-order valence-electron chi connectivity index (χ4n) is 1.64. The average Bonchev–Trinajstić information content (AvgIpc) is 2.50. The van der Waals surface area contributed by atoms with Crippen LogP contribution in [0.4, 0.5) is 5.69 Å². The summed E-state index contributed by atoms with van der Waals surface area (Å²) in [6, 6.07) is 3.41. The molecule has 124 valence electrons. The quantitative estimate of drug-likeness (QED) is 0.354. The third kappa shape index (κ3) is 5.22. The molecule has 9 nitrogen and oxygen atoms in total. The van der Waals surface area contributed by atoms with E-state index in [9.17, 15) is 18.5 Å². The van der Waals surface area contributed by atoms with E-state index in [-0.39, 0.29) is 22.9 Å². The lowest BCUT2D eigenvalue weighted by atomic mass is 10.3. The van der Waals surface area contributed by atoms with Crippen molar-refractivity contribution in [3.05, 3.63) is 28.3 Å². The van der Waals surface area contributed by atoms with Gasteiger partial charge in [-0.2, -0.15) is 0 Å². The molecule has 0 unspecified atom stereocenters. The predicted octanol–water partition coefficient (Wildman–Crippen LogP) is 0.118. The molecular formula is C12H19N3O6S. The van der Waals surface area contributed by atoms with Gasteiger partial charge in [0.2, 0.25) is 10.0 Å². The number of hydrogen-bond acceptors (Lipinski definition) is 7. The molecule has 0 saturated heterocycles. The molecule has 0 heterocycles. The van der Waals surface area contributed by atoms with Gasteiger partial charge >= 0.3 is 0 Å². The Hall–Kier alpha value is -1.75. The molecule has 22 heavy (non-hydrogen) atoms. The fraction of sp³-hybridized carbons (Fsp3) is 0.500. The van der Waals surface area contributed by atoms with E-state index in [2.05, 4.69) is 10.0 Å². The lowest BCUT2D eigenvalue weighted by Crippen LogP contribution is -2.33. The summed E-state index contributed by atoms with van der Waals surface area (Å²) in [7, 11) is -1.04. The molecule has 2 N–H and O–H groups in total. The van der Waals surface area contributed by atoms with Crippen molar-refractivity contribution in [2.75, 3.05) is 40.5 Å². The second kappa shape index (κ2) is 8.63. The van der Waals surface area contributed by atoms with Gasteiger partial charge in [-0.05, 0) is 6.07 Å². The number of hydrogen-bond donors (Lipinski definition) is 2. The molecule has 0 aromatic heterocycles. The van der Waals surface area contributed by atoms with Crippen LogP contribution >= 0.6 is 0 Å². The number of nitrogens with zero attached hydrogens (tertiary/aromatic N) is 1. The van der Waals surface area contributed by atoms with Crippen LogP contribution in [0.2, 0.25) is 0 Å². The first kappa shape index (κ1) is 18.3. The van der Waals surface area contributed by atoms with Crippen LogP contribution in [0.3, 0.4) is 0 Å². The van der Waals surface area contributed by atoms with E-state index in [0.717, 1.165) is 6.07 Å². The number of benzene rings is 1. The SMILES string of the molecule is COCCNCCNS(=O)(=O)c1cc([N+](=O)[O-])ccc1OC. The van der Waals surface area contributed by atoms with E-state index in [4.69, 9.17) is 9.47 Å². The Bertz CT molecular complexity index is 605. The molecule has 1 aromatic carbocycles. The second-order valence-corrected chi connectivity index (χ2v) is 5.97. The van der Waals surface area contributed by atoms with Crippen LogP contribution in [0.5, 0.6) is 5.75 Å². The van der Waals surface area contributed by atoms with Crippen LogP contribution < -0.4 is 14.8 Å². The number of nitrogens with one attached hydrogen (secondary N) is 2. The lowest BCUT2D eigenvalue weighted by molar-refractivity contribution is -0.385. The molecule has 0 aliphatic heterocycles. The summed E-state index contributed by atoms with van der Waals surface area (Å²) in [6.45, 7) is 1.65. The Labute approximate surface area is 128 Å². The summed E-state index contributed by atoms with van der Waals surface area (Å²) in [6.07, 6.45) is 0. The monoisotopic (exact) mass is 333 g/mol. The van der Waals surface area contributed by atoms with Gasteiger partial charge in [0.1, 0.15) is 10.6 Å². The van der Waals surface area contributed by atoms with Crippen LogP contribution in [-0.4, -0.2) is 53.8 Å². The fourth-order valence-corrected chi connectivity index (χ4v) is 2.86. The summed E-state index contributed by atoms with van der Waals surface area (Å²) < 4.78 is 36.6. The highest BCUT2D eigenvalue weighted by Crippen LogP contribution is 2.27. The zero-order chi connectivity index (χ0) is 16.6. The van der Waals surface area contributed by atoms with Gasteiger partial charge in [0.25, 0.3) is 5.69 Å². The summed E-state index contributed by atoms with van der Waals surface area (Å²) in [5.74, 6) is 0.0467. The number of nitro benzene ring substituents is 1. The molecule has 0 radical (unpaired) electrons. The summed E-state index contributed by atoms with van der Waals surface area (Å²) in [4.78, 5) is 9.84. The Morgan fingerprint density at radius 2 is 1.95 bits per heavy atom. The highest BCUT2D eigenvalue weighted by Gasteiger charge is 2.22. The Morgan fingerprint density at radius 3 is 2.55 bits per heavy atom. The highest BCUT2D eigenvalue weighted by molar-refractivity contribution is 7.89. The standard InChI is InChI=1S/C12H19N3O6S/c1-20-8-7-13-5-6-14-22(18,19)12-9-10(15(16)17)3-4-11(12)21-2/h3-4,9,13-14H,5-8H2,1-2H3. The third-order valence-corrected chi connectivity index (χ3v) is 4.21. The van der Waals surface area contributed by atoms with Gasteiger partial charge in [-0.1, -0.05) is 0 Å². The first-order chi connectivity index (χ1) is 10.4. The van der Waals surface area contributed by atoms with Crippen molar-refractivity contribution in [3.8, 4) is 5.75 Å². The zero-order valence-corrected chi connectivity index (χ0v) is 13.2. The summed E-state index contributed by atoms with van der Waals surface area (Å²) in [5.41, 5.74) is -0.320. The normalized spacial score (nSPS) is 11.4. The van der Waals surface area contributed by atoms with E-state index in [1.54, 1.807) is 7.11 Å². The summed E-state index contributed by atoms with van der Waals surface area (Å²) in [5, 5.41) is 13.7. The number of rotatable bonds is 10. The maximum Gasteiger partial charge on any atom is 0.271 e. The number of nitro groups is 1. The van der Waals surface area contributed by atoms with Crippen LogP contribution in [0.15, 0.2) is 23.1 Å². The van der Waals surface area contributed by atoms with Crippen molar-refractivity contribution in [2.24, 2.45) is 0 Å². The first-order valence-corrected chi connectivity index (χ1v) is 7.92. The Morgan fingerprint density at radius 1 is 1.23 bits per heavy atom. The van der Waals surface area contributed by atoms with E-state index in [0.29, 0.717) is 19.7 Å². The molecule has 0 aliphatic carbocycles. The molecule has 0 saturated carbocycles. The van der Waals surface area contributed by atoms with Crippen molar-refractivity contribution < 1.29 is 22.8 Å². The molecule has 0 spiro atoms. The molecular weight excluding hydrogens is 314 g/mol. The van der Waals surface area contributed by atoms with Gasteiger partial charge in [0.05, 0.1) is 18.6 Å². The molecule has 0 aliphatic rings. The van der Waals surface area contributed by atoms with Crippen LogP contribution in [0.25, 0.3) is 0 Å². The molecule has 1 aromatic rings.